The Morgan fingerprint density at radius 2 is 1.80 bits per heavy atom. The van der Waals surface area contributed by atoms with Gasteiger partial charge in [-0.2, -0.15) is 0 Å². The van der Waals surface area contributed by atoms with E-state index in [2.05, 4.69) is 18.3 Å². The lowest BCUT2D eigenvalue weighted by Gasteiger charge is -2.30. The molecule has 0 unspecified atom stereocenters. The van der Waals surface area contributed by atoms with Gasteiger partial charge in [0.1, 0.15) is 0 Å². The molecule has 0 saturated heterocycles. The van der Waals surface area contributed by atoms with Crippen molar-refractivity contribution < 1.29 is 9.72 Å². The first-order chi connectivity index (χ1) is 12.0. The first-order valence-electron chi connectivity index (χ1n) is 8.30. The molecule has 5 heteroatoms. The summed E-state index contributed by atoms with van der Waals surface area (Å²) < 4.78 is 0. The molecule has 0 aromatic heterocycles. The number of carbonyl (C=O) groups excluding carboxylic acids is 1. The average molecular weight is 336 g/mol. The summed E-state index contributed by atoms with van der Waals surface area (Å²) in [5.41, 5.74) is 3.05. The van der Waals surface area contributed by atoms with Gasteiger partial charge in [-0.3, -0.25) is 14.9 Å². The minimum Gasteiger partial charge on any atom is -0.326 e. The summed E-state index contributed by atoms with van der Waals surface area (Å²) in [5.74, 6) is -0.182. The third kappa shape index (κ3) is 3.94. The van der Waals surface area contributed by atoms with Crippen LogP contribution in [-0.2, 0) is 4.79 Å². The molecule has 1 amide bonds. The highest BCUT2D eigenvalue weighted by molar-refractivity contribution is 5.93. The SMILES string of the molecule is CC1=CC[C@@H](C(=O)Nc2ccccc2)[C@H](c2ccc([N+](=O)[O-])cc2)C1. The molecular formula is C20H20N2O3. The van der Waals surface area contributed by atoms with Crippen LogP contribution in [0.15, 0.2) is 66.2 Å². The Kier molecular flexibility index (Phi) is 4.93. The van der Waals surface area contributed by atoms with Gasteiger partial charge in [-0.15, -0.1) is 0 Å². The number of non-ortho nitro benzene ring substituents is 1. The van der Waals surface area contributed by atoms with E-state index < -0.39 is 4.92 Å². The van der Waals surface area contributed by atoms with Crippen molar-refractivity contribution in [3.63, 3.8) is 0 Å². The molecule has 1 aliphatic carbocycles. The Morgan fingerprint density at radius 1 is 1.12 bits per heavy atom. The standard InChI is InChI=1S/C20H20N2O3/c1-14-7-12-18(20(23)21-16-5-3-2-4-6-16)19(13-14)15-8-10-17(11-9-15)22(24)25/h2-11,18-19H,12-13H2,1H3,(H,21,23)/t18-,19+/m1/s1. The number of nitrogens with zero attached hydrogens (tertiary/aromatic N) is 1. The summed E-state index contributed by atoms with van der Waals surface area (Å²) in [4.78, 5) is 23.2. The number of para-hydroxylation sites is 1. The van der Waals surface area contributed by atoms with Crippen molar-refractivity contribution in [2.45, 2.75) is 25.7 Å². The van der Waals surface area contributed by atoms with E-state index in [0.29, 0.717) is 6.42 Å². The molecule has 0 radical (unpaired) electrons. The lowest BCUT2D eigenvalue weighted by atomic mass is 9.75. The Hall–Kier alpha value is -2.95. The molecule has 0 saturated carbocycles. The zero-order chi connectivity index (χ0) is 17.8. The first kappa shape index (κ1) is 16.9. The molecule has 25 heavy (non-hydrogen) atoms. The third-order valence-corrected chi connectivity index (χ3v) is 4.66. The van der Waals surface area contributed by atoms with Crippen LogP contribution in [0.4, 0.5) is 11.4 Å². The molecule has 0 spiro atoms. The summed E-state index contributed by atoms with van der Waals surface area (Å²) in [6, 6.07) is 16.0. The van der Waals surface area contributed by atoms with Crippen LogP contribution >= 0.6 is 0 Å². The van der Waals surface area contributed by atoms with Crippen LogP contribution in [0.1, 0.15) is 31.2 Å². The number of amides is 1. The van der Waals surface area contributed by atoms with Crippen LogP contribution in [0.5, 0.6) is 0 Å². The van der Waals surface area contributed by atoms with Crippen molar-refractivity contribution in [2.75, 3.05) is 5.32 Å². The molecule has 0 aliphatic heterocycles. The highest BCUT2D eigenvalue weighted by Crippen LogP contribution is 2.38. The zero-order valence-corrected chi connectivity index (χ0v) is 14.0. The van der Waals surface area contributed by atoms with Crippen LogP contribution in [0, 0.1) is 16.0 Å². The number of benzene rings is 2. The largest absolute Gasteiger partial charge is 0.326 e. The fraction of sp³-hybridized carbons (Fsp3) is 0.250. The molecule has 3 rings (SSSR count). The molecule has 0 bridgehead atoms. The molecule has 0 heterocycles. The molecule has 1 aliphatic rings. The second-order valence-electron chi connectivity index (χ2n) is 6.41. The number of nitro benzene ring substituents is 1. The molecule has 2 aromatic rings. The highest BCUT2D eigenvalue weighted by atomic mass is 16.6. The summed E-state index contributed by atoms with van der Waals surface area (Å²) in [7, 11) is 0. The van der Waals surface area contributed by atoms with Gasteiger partial charge < -0.3 is 5.32 Å². The van der Waals surface area contributed by atoms with E-state index in [4.69, 9.17) is 0 Å². The van der Waals surface area contributed by atoms with Gasteiger partial charge >= 0.3 is 0 Å². The number of nitro groups is 1. The van der Waals surface area contributed by atoms with E-state index in [9.17, 15) is 14.9 Å². The van der Waals surface area contributed by atoms with Crippen molar-refractivity contribution in [1.82, 2.24) is 0 Å². The number of anilines is 1. The maximum Gasteiger partial charge on any atom is 0.269 e. The molecule has 5 nitrogen and oxygen atoms in total. The number of rotatable bonds is 4. The van der Waals surface area contributed by atoms with Gasteiger partial charge in [0, 0.05) is 23.7 Å². The maximum absolute atomic E-state index is 12.8. The van der Waals surface area contributed by atoms with E-state index in [0.717, 1.165) is 17.7 Å². The summed E-state index contributed by atoms with van der Waals surface area (Å²) >= 11 is 0. The second-order valence-corrected chi connectivity index (χ2v) is 6.41. The lowest BCUT2D eigenvalue weighted by molar-refractivity contribution is -0.384. The minimum atomic E-state index is -0.407. The number of hydrogen-bond acceptors (Lipinski definition) is 3. The molecule has 128 valence electrons. The smallest absolute Gasteiger partial charge is 0.269 e. The predicted molar refractivity (Wildman–Crippen MR) is 97.4 cm³/mol. The number of allylic oxidation sites excluding steroid dienone is 2. The van der Waals surface area contributed by atoms with Crippen molar-refractivity contribution in [3.8, 4) is 0 Å². The number of hydrogen-bond donors (Lipinski definition) is 1. The van der Waals surface area contributed by atoms with Gasteiger partial charge in [0.05, 0.1) is 4.92 Å². The Labute approximate surface area is 146 Å². The predicted octanol–water partition coefficient (Wildman–Crippen LogP) is 4.67. The molecule has 2 atom stereocenters. The zero-order valence-electron chi connectivity index (χ0n) is 14.0. The van der Waals surface area contributed by atoms with E-state index in [1.165, 1.54) is 17.7 Å². The Bertz CT molecular complexity index is 797. The molecule has 2 aromatic carbocycles. The van der Waals surface area contributed by atoms with Gasteiger partial charge in [0.2, 0.25) is 5.91 Å². The van der Waals surface area contributed by atoms with Crippen molar-refractivity contribution in [1.29, 1.82) is 0 Å². The average Bonchev–Trinajstić information content (AvgIpc) is 2.62. The third-order valence-electron chi connectivity index (χ3n) is 4.66. The van der Waals surface area contributed by atoms with E-state index in [1.54, 1.807) is 12.1 Å². The van der Waals surface area contributed by atoms with Gasteiger partial charge in [-0.1, -0.05) is 42.0 Å². The van der Waals surface area contributed by atoms with E-state index in [1.807, 2.05) is 30.3 Å². The molecule has 0 fully saturated rings. The minimum absolute atomic E-state index is 0.0155. The number of carbonyl (C=O) groups is 1. The van der Waals surface area contributed by atoms with Crippen molar-refractivity contribution >= 4 is 17.3 Å². The topological polar surface area (TPSA) is 72.2 Å². The fourth-order valence-electron chi connectivity index (χ4n) is 3.30. The quantitative estimate of drug-likeness (QED) is 0.501. The summed E-state index contributed by atoms with van der Waals surface area (Å²) in [5, 5.41) is 13.8. The van der Waals surface area contributed by atoms with E-state index in [-0.39, 0.29) is 23.4 Å². The lowest BCUT2D eigenvalue weighted by Crippen LogP contribution is -2.30. The summed E-state index contributed by atoms with van der Waals surface area (Å²) in [6.45, 7) is 2.06. The van der Waals surface area contributed by atoms with Crippen LogP contribution in [0.25, 0.3) is 0 Å². The van der Waals surface area contributed by atoms with Crippen LogP contribution < -0.4 is 5.32 Å². The highest BCUT2D eigenvalue weighted by Gasteiger charge is 2.32. The summed E-state index contributed by atoms with van der Waals surface area (Å²) in [6.07, 6.45) is 3.56. The van der Waals surface area contributed by atoms with Crippen LogP contribution in [-0.4, -0.2) is 10.8 Å². The Morgan fingerprint density at radius 3 is 2.44 bits per heavy atom. The molecular weight excluding hydrogens is 316 g/mol. The maximum atomic E-state index is 12.8. The van der Waals surface area contributed by atoms with Gasteiger partial charge in [0.15, 0.2) is 0 Å². The number of nitrogens with one attached hydrogen (secondary N) is 1. The van der Waals surface area contributed by atoms with Gasteiger partial charge in [-0.25, -0.2) is 0 Å². The molecule has 1 N–H and O–H groups in total. The Balaban J connectivity index is 1.83. The monoisotopic (exact) mass is 336 g/mol. The van der Waals surface area contributed by atoms with Crippen LogP contribution in [0.3, 0.4) is 0 Å². The normalized spacial score (nSPS) is 19.8. The first-order valence-corrected chi connectivity index (χ1v) is 8.30. The fourth-order valence-corrected chi connectivity index (χ4v) is 3.30. The van der Waals surface area contributed by atoms with Gasteiger partial charge in [0.25, 0.3) is 5.69 Å². The van der Waals surface area contributed by atoms with Crippen molar-refractivity contribution in [3.05, 3.63) is 81.9 Å². The van der Waals surface area contributed by atoms with Gasteiger partial charge in [-0.05, 0) is 43.4 Å². The van der Waals surface area contributed by atoms with Crippen molar-refractivity contribution in [2.24, 2.45) is 5.92 Å². The van der Waals surface area contributed by atoms with E-state index >= 15 is 0 Å². The second kappa shape index (κ2) is 7.30. The van der Waals surface area contributed by atoms with Crippen LogP contribution in [0.2, 0.25) is 0 Å².